The smallest absolute Gasteiger partial charge is 0.338 e. The van der Waals surface area contributed by atoms with Crippen LogP contribution >= 0.6 is 0 Å². The number of halogens is 1. The Morgan fingerprint density at radius 2 is 2.18 bits per heavy atom. The molecule has 1 rings (SSSR count). The van der Waals surface area contributed by atoms with Gasteiger partial charge < -0.3 is 10.4 Å². The summed E-state index contributed by atoms with van der Waals surface area (Å²) >= 11 is 0. The highest BCUT2D eigenvalue weighted by Gasteiger charge is 2.09. The minimum atomic E-state index is -1.34. The number of nitrogens with one attached hydrogen (secondary N) is 1. The number of carboxylic acids is 1. The van der Waals surface area contributed by atoms with Crippen LogP contribution in [-0.4, -0.2) is 23.5 Å². The molecule has 1 aromatic rings. The average molecular weight is 235 g/mol. The van der Waals surface area contributed by atoms with E-state index in [1.807, 2.05) is 0 Å². The van der Waals surface area contributed by atoms with E-state index in [9.17, 15) is 14.0 Å². The third kappa shape index (κ3) is 3.95. The summed E-state index contributed by atoms with van der Waals surface area (Å²) in [5.41, 5.74) is -0.0366. The first-order chi connectivity index (χ1) is 8.00. The Morgan fingerprint density at radius 3 is 2.76 bits per heavy atom. The number of carboxylic acid groups (broad SMARTS) is 1. The van der Waals surface area contributed by atoms with E-state index >= 15 is 0 Å². The lowest BCUT2D eigenvalue weighted by atomic mass is 10.1. The molecule has 4 nitrogen and oxygen atoms in total. The van der Waals surface area contributed by atoms with Gasteiger partial charge >= 0.3 is 5.97 Å². The quantitative estimate of drug-likeness (QED) is 0.752. The van der Waals surface area contributed by atoms with Crippen LogP contribution in [0.4, 0.5) is 4.39 Å². The van der Waals surface area contributed by atoms with Crippen molar-refractivity contribution in [3.05, 3.63) is 35.1 Å². The van der Waals surface area contributed by atoms with Gasteiger partial charge in [-0.3, -0.25) is 4.79 Å². The third-order valence-electron chi connectivity index (χ3n) is 1.86. The van der Waals surface area contributed by atoms with Crippen molar-refractivity contribution in [1.29, 1.82) is 0 Å². The van der Waals surface area contributed by atoms with Crippen molar-refractivity contribution in [2.24, 2.45) is 0 Å². The van der Waals surface area contributed by atoms with Gasteiger partial charge in [-0.2, -0.15) is 0 Å². The van der Waals surface area contributed by atoms with Crippen LogP contribution in [-0.2, 0) is 4.79 Å². The summed E-state index contributed by atoms with van der Waals surface area (Å²) in [5.74, 6) is 2.90. The molecule has 0 heterocycles. The van der Waals surface area contributed by atoms with Gasteiger partial charge in [-0.25, -0.2) is 9.18 Å². The lowest BCUT2D eigenvalue weighted by Crippen LogP contribution is -2.19. The van der Waals surface area contributed by atoms with Gasteiger partial charge in [-0.05, 0) is 18.2 Å². The van der Waals surface area contributed by atoms with Crippen LogP contribution in [0.25, 0.3) is 0 Å². The number of carbonyl (C=O) groups excluding carboxylic acids is 1. The second kappa shape index (κ2) is 5.66. The summed E-state index contributed by atoms with van der Waals surface area (Å²) in [4.78, 5) is 21.2. The Hall–Kier alpha value is -2.35. The van der Waals surface area contributed by atoms with Crippen molar-refractivity contribution in [2.75, 3.05) is 6.54 Å². The van der Waals surface area contributed by atoms with Crippen LogP contribution in [0.15, 0.2) is 18.2 Å². The highest BCUT2D eigenvalue weighted by molar-refractivity contribution is 5.88. The Morgan fingerprint density at radius 1 is 1.47 bits per heavy atom. The predicted octanol–water partition coefficient (Wildman–Crippen LogP) is 1.01. The van der Waals surface area contributed by atoms with Gasteiger partial charge in [0.15, 0.2) is 0 Å². The second-order valence-corrected chi connectivity index (χ2v) is 3.21. The zero-order valence-electron chi connectivity index (χ0n) is 9.08. The number of hydrogen-bond acceptors (Lipinski definition) is 2. The largest absolute Gasteiger partial charge is 0.478 e. The van der Waals surface area contributed by atoms with Crippen molar-refractivity contribution in [2.45, 2.75) is 6.92 Å². The third-order valence-corrected chi connectivity index (χ3v) is 1.86. The molecule has 0 aliphatic heterocycles. The molecule has 0 bridgehead atoms. The average Bonchev–Trinajstić information content (AvgIpc) is 2.25. The van der Waals surface area contributed by atoms with Gasteiger partial charge in [0.2, 0.25) is 5.91 Å². The van der Waals surface area contributed by atoms with Crippen LogP contribution in [0.1, 0.15) is 22.8 Å². The zero-order chi connectivity index (χ0) is 12.8. The lowest BCUT2D eigenvalue weighted by molar-refractivity contribution is -0.118. The molecule has 0 radical (unpaired) electrons. The lowest BCUT2D eigenvalue weighted by Gasteiger charge is -1.97. The van der Waals surface area contributed by atoms with Gasteiger partial charge in [-0.15, -0.1) is 0 Å². The highest BCUT2D eigenvalue weighted by atomic mass is 19.1. The monoisotopic (exact) mass is 235 g/mol. The number of aromatic carboxylic acids is 1. The summed E-state index contributed by atoms with van der Waals surface area (Å²) in [6.07, 6.45) is 0. The molecule has 0 unspecified atom stereocenters. The Bertz CT molecular complexity index is 514. The van der Waals surface area contributed by atoms with E-state index < -0.39 is 17.3 Å². The van der Waals surface area contributed by atoms with Crippen LogP contribution < -0.4 is 5.32 Å². The normalized spacial score (nSPS) is 9.06. The topological polar surface area (TPSA) is 66.4 Å². The van der Waals surface area contributed by atoms with Gasteiger partial charge in [0, 0.05) is 12.5 Å². The highest BCUT2D eigenvalue weighted by Crippen LogP contribution is 2.09. The molecule has 0 saturated heterocycles. The summed E-state index contributed by atoms with van der Waals surface area (Å²) in [6.45, 7) is 1.53. The molecule has 1 aromatic carbocycles. The number of carbonyl (C=O) groups is 2. The minimum absolute atomic E-state index is 0.162. The van der Waals surface area contributed by atoms with E-state index in [0.29, 0.717) is 5.56 Å². The van der Waals surface area contributed by atoms with Gasteiger partial charge in [0.25, 0.3) is 0 Å². The number of benzene rings is 1. The van der Waals surface area contributed by atoms with Crippen molar-refractivity contribution < 1.29 is 19.1 Å². The predicted molar refractivity (Wildman–Crippen MR) is 58.9 cm³/mol. The molecule has 5 heteroatoms. The first kappa shape index (κ1) is 12.7. The molecule has 17 heavy (non-hydrogen) atoms. The van der Waals surface area contributed by atoms with E-state index in [1.165, 1.54) is 13.0 Å². The number of hydrogen-bond donors (Lipinski definition) is 2. The van der Waals surface area contributed by atoms with E-state index in [2.05, 4.69) is 17.2 Å². The maximum absolute atomic E-state index is 13.0. The van der Waals surface area contributed by atoms with Crippen LogP contribution in [0, 0.1) is 17.7 Å². The number of rotatable bonds is 2. The van der Waals surface area contributed by atoms with E-state index in [4.69, 9.17) is 5.11 Å². The van der Waals surface area contributed by atoms with Crippen LogP contribution in [0.3, 0.4) is 0 Å². The number of amides is 1. The SMILES string of the molecule is CC(=O)NCC#Cc1ccc(F)c(C(=O)O)c1. The molecule has 88 valence electrons. The first-order valence-electron chi connectivity index (χ1n) is 4.77. The Labute approximate surface area is 97.5 Å². The maximum atomic E-state index is 13.0. The van der Waals surface area contributed by atoms with Gasteiger partial charge in [0.05, 0.1) is 12.1 Å². The van der Waals surface area contributed by atoms with Crippen LogP contribution in [0.5, 0.6) is 0 Å². The fraction of sp³-hybridized carbons (Fsp3) is 0.167. The fourth-order valence-corrected chi connectivity index (χ4v) is 1.08. The molecular weight excluding hydrogens is 225 g/mol. The molecule has 0 aliphatic carbocycles. The van der Waals surface area contributed by atoms with Crippen molar-refractivity contribution >= 4 is 11.9 Å². The molecular formula is C12H10FNO3. The zero-order valence-corrected chi connectivity index (χ0v) is 9.08. The molecule has 1 amide bonds. The van der Waals surface area contributed by atoms with Gasteiger partial charge in [-0.1, -0.05) is 11.8 Å². The van der Waals surface area contributed by atoms with E-state index in [0.717, 1.165) is 12.1 Å². The fourth-order valence-electron chi connectivity index (χ4n) is 1.08. The summed E-state index contributed by atoms with van der Waals surface area (Å²) in [6, 6.07) is 3.58. The Balaban J connectivity index is 2.82. The summed E-state index contributed by atoms with van der Waals surface area (Å²) in [7, 11) is 0. The van der Waals surface area contributed by atoms with E-state index in [-0.39, 0.29) is 12.5 Å². The second-order valence-electron chi connectivity index (χ2n) is 3.21. The molecule has 0 spiro atoms. The molecule has 0 saturated carbocycles. The molecule has 0 aliphatic rings. The van der Waals surface area contributed by atoms with E-state index in [1.54, 1.807) is 0 Å². The molecule has 0 atom stereocenters. The van der Waals surface area contributed by atoms with Gasteiger partial charge in [0.1, 0.15) is 5.82 Å². The summed E-state index contributed by atoms with van der Waals surface area (Å²) < 4.78 is 13.0. The standard InChI is InChI=1S/C12H10FNO3/c1-8(15)14-6-2-3-9-4-5-11(13)10(7-9)12(16)17/h4-5,7H,6H2,1H3,(H,14,15)(H,16,17). The molecule has 2 N–H and O–H groups in total. The van der Waals surface area contributed by atoms with Crippen molar-refractivity contribution in [3.8, 4) is 11.8 Å². The van der Waals surface area contributed by atoms with Crippen molar-refractivity contribution in [3.63, 3.8) is 0 Å². The molecule has 0 fully saturated rings. The first-order valence-corrected chi connectivity index (χ1v) is 4.77. The summed E-state index contributed by atoms with van der Waals surface area (Å²) in [5, 5.41) is 11.2. The molecule has 0 aromatic heterocycles. The maximum Gasteiger partial charge on any atom is 0.338 e. The minimum Gasteiger partial charge on any atom is -0.478 e. The van der Waals surface area contributed by atoms with Crippen LogP contribution in [0.2, 0.25) is 0 Å². The Kier molecular flexibility index (Phi) is 4.23. The van der Waals surface area contributed by atoms with Crippen molar-refractivity contribution in [1.82, 2.24) is 5.32 Å².